The van der Waals surface area contributed by atoms with E-state index in [1.54, 1.807) is 30.5 Å². The van der Waals surface area contributed by atoms with Gasteiger partial charge in [0.15, 0.2) is 26.5 Å². The number of nitrogens with zero attached hydrogens (tertiary/aromatic N) is 4. The Morgan fingerprint density at radius 3 is 2.46 bits per heavy atom. The monoisotopic (exact) mass is 693 g/mol. The van der Waals surface area contributed by atoms with E-state index >= 15 is 0 Å². The highest BCUT2D eigenvalue weighted by Crippen LogP contribution is 2.44. The van der Waals surface area contributed by atoms with Crippen LogP contribution in [0, 0.1) is 11.6 Å². The van der Waals surface area contributed by atoms with Gasteiger partial charge in [-0.2, -0.15) is 0 Å². The summed E-state index contributed by atoms with van der Waals surface area (Å²) in [6.45, 7) is 3.31. The van der Waals surface area contributed by atoms with Crippen LogP contribution < -0.4 is 24.4 Å². The first-order valence-corrected chi connectivity index (χ1v) is 17.4. The highest BCUT2D eigenvalue weighted by Gasteiger charge is 2.29. The zero-order chi connectivity index (χ0) is 33.3. The van der Waals surface area contributed by atoms with E-state index in [0.717, 1.165) is 23.3 Å². The summed E-state index contributed by atoms with van der Waals surface area (Å²) in [5.74, 6) is -1.20. The molecule has 2 aromatic heterocycles. The first kappa shape index (κ1) is 31.7. The molecule has 48 heavy (non-hydrogen) atoms. The van der Waals surface area contributed by atoms with Crippen molar-refractivity contribution < 1.29 is 36.1 Å². The van der Waals surface area contributed by atoms with Gasteiger partial charge in [-0.05, 0) is 36.4 Å². The predicted molar refractivity (Wildman–Crippen MR) is 176 cm³/mol. The molecule has 0 aliphatic carbocycles. The van der Waals surface area contributed by atoms with Gasteiger partial charge in [0.05, 0.1) is 42.3 Å². The molecule has 1 saturated heterocycles. The summed E-state index contributed by atoms with van der Waals surface area (Å²) in [5, 5.41) is 3.94. The van der Waals surface area contributed by atoms with Gasteiger partial charge in [-0.25, -0.2) is 32.2 Å². The Kier molecular flexibility index (Phi) is 8.81. The van der Waals surface area contributed by atoms with Crippen molar-refractivity contribution >= 4 is 37.9 Å². The third-order valence-electron chi connectivity index (χ3n) is 7.72. The lowest BCUT2D eigenvalue weighted by molar-refractivity contribution is 0.122. The number of para-hydroxylation sites is 1. The van der Waals surface area contributed by atoms with Crippen LogP contribution in [0.4, 0.5) is 25.5 Å². The van der Waals surface area contributed by atoms with Gasteiger partial charge in [0.2, 0.25) is 5.95 Å². The Hall–Kier alpha value is -4.86. The van der Waals surface area contributed by atoms with Crippen LogP contribution in [0.2, 0.25) is 0 Å². The van der Waals surface area contributed by atoms with Crippen LogP contribution in [0.15, 0.2) is 71.8 Å². The van der Waals surface area contributed by atoms with Gasteiger partial charge >= 0.3 is 0 Å². The lowest BCUT2D eigenvalue weighted by atomic mass is 10.0. The number of anilines is 3. The van der Waals surface area contributed by atoms with E-state index in [1.807, 2.05) is 18.2 Å². The fourth-order valence-corrected chi connectivity index (χ4v) is 8.15. The van der Waals surface area contributed by atoms with Gasteiger partial charge in [0, 0.05) is 42.2 Å². The molecule has 0 bridgehead atoms. The number of aromatic nitrogens is 3. The minimum Gasteiger partial charge on any atom is -0.496 e. The van der Waals surface area contributed by atoms with Crippen LogP contribution >= 0.6 is 11.3 Å². The van der Waals surface area contributed by atoms with E-state index in [4.69, 9.17) is 28.9 Å². The quantitative estimate of drug-likeness (QED) is 0.199. The number of sulfone groups is 1. The molecule has 4 heterocycles. The first-order valence-electron chi connectivity index (χ1n) is 15.0. The molecule has 2 aliphatic rings. The summed E-state index contributed by atoms with van der Waals surface area (Å²) < 4.78 is 78.4. The van der Waals surface area contributed by atoms with Gasteiger partial charge in [-0.3, -0.25) is 0 Å². The molecule has 248 valence electrons. The topological polar surface area (TPSA) is 125 Å². The number of methoxy groups -OCH3 is 1. The molecule has 0 atom stereocenters. The second-order valence-corrected chi connectivity index (χ2v) is 13.7. The molecule has 0 saturated carbocycles. The van der Waals surface area contributed by atoms with Crippen molar-refractivity contribution in [2.24, 2.45) is 0 Å². The Morgan fingerprint density at radius 1 is 0.938 bits per heavy atom. The maximum Gasteiger partial charge on any atom is 0.227 e. The number of thiazole rings is 1. The molecule has 5 aromatic rings. The second-order valence-electron chi connectivity index (χ2n) is 10.8. The summed E-state index contributed by atoms with van der Waals surface area (Å²) in [4.78, 5) is 16.0. The minimum atomic E-state index is -4.44. The van der Waals surface area contributed by atoms with Crippen LogP contribution in [0.25, 0.3) is 21.8 Å². The smallest absolute Gasteiger partial charge is 0.227 e. The highest BCUT2D eigenvalue weighted by atomic mass is 32.2. The number of benzene rings is 3. The van der Waals surface area contributed by atoms with E-state index in [1.165, 1.54) is 18.4 Å². The molecule has 7 rings (SSSR count). The standard InChI is InChI=1S/C33H29F2N5O6S2/c1-43-29-20(19-48(41,42)31-23(34)6-3-7-24(31)35)4-2-5-22(29)28-30(47-33(39-28)40-12-14-44-15-13-40)25-10-11-36-32(38-25)37-21-8-9-26-27(18-21)46-17-16-45-26/h2-11,18H,12-17,19H2,1H3,(H,36,37,38). The summed E-state index contributed by atoms with van der Waals surface area (Å²) in [7, 11) is -3.03. The number of morpholine rings is 1. The summed E-state index contributed by atoms with van der Waals surface area (Å²) in [5.41, 5.74) is 2.47. The molecule has 0 unspecified atom stereocenters. The van der Waals surface area contributed by atoms with E-state index in [-0.39, 0.29) is 11.3 Å². The van der Waals surface area contributed by atoms with Crippen molar-refractivity contribution in [2.75, 3.05) is 56.8 Å². The fraction of sp³-hybridized carbons (Fsp3) is 0.242. The number of fused-ring (bicyclic) bond motifs is 1. The number of rotatable bonds is 9. The van der Waals surface area contributed by atoms with Crippen LogP contribution in [-0.2, 0) is 20.3 Å². The Labute approximate surface area is 279 Å². The molecular weight excluding hydrogens is 665 g/mol. The zero-order valence-corrected chi connectivity index (χ0v) is 27.2. The van der Waals surface area contributed by atoms with Crippen molar-refractivity contribution in [1.29, 1.82) is 0 Å². The maximum atomic E-state index is 14.5. The Morgan fingerprint density at radius 2 is 1.69 bits per heavy atom. The number of hydrogen-bond donors (Lipinski definition) is 1. The van der Waals surface area contributed by atoms with Gasteiger partial charge in [0.1, 0.15) is 35.5 Å². The van der Waals surface area contributed by atoms with E-state index < -0.39 is 32.1 Å². The molecule has 1 fully saturated rings. The van der Waals surface area contributed by atoms with Crippen molar-refractivity contribution in [3.8, 4) is 39.1 Å². The van der Waals surface area contributed by atoms with Gasteiger partial charge in [-0.15, -0.1) is 0 Å². The fourth-order valence-electron chi connectivity index (χ4n) is 5.53. The molecule has 11 nitrogen and oxygen atoms in total. The van der Waals surface area contributed by atoms with E-state index in [0.29, 0.717) is 84.5 Å². The van der Waals surface area contributed by atoms with Gasteiger partial charge < -0.3 is 29.2 Å². The number of nitrogens with one attached hydrogen (secondary N) is 1. The van der Waals surface area contributed by atoms with Crippen molar-refractivity contribution in [1.82, 2.24) is 15.0 Å². The van der Waals surface area contributed by atoms with Crippen LogP contribution in [0.1, 0.15) is 5.56 Å². The lowest BCUT2D eigenvalue weighted by Gasteiger charge is -2.26. The predicted octanol–water partition coefficient (Wildman–Crippen LogP) is 5.88. The SMILES string of the molecule is COc1c(CS(=O)(=O)c2c(F)cccc2F)cccc1-c1nc(N2CCOCC2)sc1-c1ccnc(Nc2ccc3c(c2)OCCO3)n1. The number of halogens is 2. The molecule has 0 spiro atoms. The number of ether oxygens (including phenoxy) is 4. The molecular formula is C33H29F2N5O6S2. The summed E-state index contributed by atoms with van der Waals surface area (Å²) in [6.07, 6.45) is 1.63. The normalized spacial score (nSPS) is 14.5. The third-order valence-corrected chi connectivity index (χ3v) is 10.6. The first-order chi connectivity index (χ1) is 23.3. The highest BCUT2D eigenvalue weighted by molar-refractivity contribution is 7.90. The second kappa shape index (κ2) is 13.3. The molecule has 15 heteroatoms. The van der Waals surface area contributed by atoms with Crippen LogP contribution in [0.5, 0.6) is 17.2 Å². The van der Waals surface area contributed by atoms with E-state index in [9.17, 15) is 17.2 Å². The van der Waals surface area contributed by atoms with E-state index in [2.05, 4.69) is 15.2 Å². The Balaban J connectivity index is 1.29. The third kappa shape index (κ3) is 6.35. The maximum absolute atomic E-state index is 14.5. The van der Waals surface area contributed by atoms with Crippen molar-refractivity contribution in [3.05, 3.63) is 84.1 Å². The molecule has 2 aliphatic heterocycles. The van der Waals surface area contributed by atoms with Crippen molar-refractivity contribution in [3.63, 3.8) is 0 Å². The van der Waals surface area contributed by atoms with Crippen molar-refractivity contribution in [2.45, 2.75) is 10.6 Å². The lowest BCUT2D eigenvalue weighted by Crippen LogP contribution is -2.36. The molecule has 1 N–H and O–H groups in total. The largest absolute Gasteiger partial charge is 0.496 e. The van der Waals surface area contributed by atoms with Crippen LogP contribution in [0.3, 0.4) is 0 Å². The summed E-state index contributed by atoms with van der Waals surface area (Å²) >= 11 is 1.42. The van der Waals surface area contributed by atoms with Gasteiger partial charge in [0.25, 0.3) is 0 Å². The molecule has 0 amide bonds. The number of hydrogen-bond acceptors (Lipinski definition) is 12. The summed E-state index contributed by atoms with van der Waals surface area (Å²) in [6, 6.07) is 15.1. The zero-order valence-electron chi connectivity index (χ0n) is 25.6. The average molecular weight is 694 g/mol. The minimum absolute atomic E-state index is 0.210. The average Bonchev–Trinajstić information content (AvgIpc) is 3.54. The molecule has 0 radical (unpaired) electrons. The van der Waals surface area contributed by atoms with Gasteiger partial charge in [-0.1, -0.05) is 29.5 Å². The Bertz CT molecular complexity index is 2070. The van der Waals surface area contributed by atoms with Crippen LogP contribution in [-0.4, -0.2) is 70.0 Å². The molecule has 3 aromatic carbocycles.